The minimum absolute atomic E-state index is 0.0550. The van der Waals surface area contributed by atoms with Gasteiger partial charge in [0.15, 0.2) is 0 Å². The first-order valence-corrected chi connectivity index (χ1v) is 10.4. The molecule has 0 unspecified atom stereocenters. The third kappa shape index (κ3) is 4.26. The van der Waals surface area contributed by atoms with Crippen LogP contribution in [0.25, 0.3) is 0 Å². The summed E-state index contributed by atoms with van der Waals surface area (Å²) in [6.07, 6.45) is 9.30. The Balaban J connectivity index is 1.65. The van der Waals surface area contributed by atoms with Crippen molar-refractivity contribution in [2.75, 3.05) is 6.54 Å². The second kappa shape index (κ2) is 7.80. The van der Waals surface area contributed by atoms with E-state index < -0.39 is 10.2 Å². The third-order valence-corrected chi connectivity index (χ3v) is 6.60. The number of piperidine rings is 1. The molecule has 0 aromatic carbocycles. The van der Waals surface area contributed by atoms with E-state index in [4.69, 9.17) is 4.74 Å². The molecule has 1 saturated carbocycles. The second-order valence-corrected chi connectivity index (χ2v) is 8.48. The molecule has 0 spiro atoms. The van der Waals surface area contributed by atoms with Crippen molar-refractivity contribution < 1.29 is 13.2 Å². The predicted molar refractivity (Wildman–Crippen MR) is 92.9 cm³/mol. The molecule has 1 N–H and O–H groups in total. The molecule has 0 radical (unpaired) electrons. The second-order valence-electron chi connectivity index (χ2n) is 6.77. The van der Waals surface area contributed by atoms with Gasteiger partial charge in [-0.15, -0.1) is 0 Å². The average molecular weight is 353 g/mol. The molecular formula is C17H27N3O3S. The van der Waals surface area contributed by atoms with Crippen LogP contribution in [-0.2, 0) is 16.8 Å². The summed E-state index contributed by atoms with van der Waals surface area (Å²) in [6.45, 7) is 2.77. The molecule has 1 atom stereocenters. The van der Waals surface area contributed by atoms with Gasteiger partial charge in [0, 0.05) is 30.9 Å². The lowest BCUT2D eigenvalue weighted by Crippen LogP contribution is -2.47. The molecule has 7 heteroatoms. The fraction of sp³-hybridized carbons (Fsp3) is 0.706. The first kappa shape index (κ1) is 17.6. The molecule has 2 aliphatic rings. The Morgan fingerprint density at radius 3 is 2.75 bits per heavy atom. The van der Waals surface area contributed by atoms with Crippen LogP contribution in [0, 0.1) is 0 Å². The lowest BCUT2D eigenvalue weighted by Gasteiger charge is -2.32. The van der Waals surface area contributed by atoms with Crippen molar-refractivity contribution in [3.05, 3.63) is 23.9 Å². The standard InChI is InChI=1S/C17H27N3O3S/c1-14-7-4-5-12-20(14)24(21,22)19-13-15-8-6-11-18-17(15)23-16-9-2-3-10-16/h6,8,11,14,16,19H,2-5,7,9-10,12-13H2,1H3/t14-/m0/s1. The molecule has 1 aliphatic carbocycles. The van der Waals surface area contributed by atoms with Crippen molar-refractivity contribution in [2.45, 2.75) is 70.6 Å². The molecule has 134 valence electrons. The quantitative estimate of drug-likeness (QED) is 0.853. The number of aromatic nitrogens is 1. The molecule has 3 rings (SSSR count). The Labute approximate surface area is 144 Å². The van der Waals surface area contributed by atoms with Gasteiger partial charge < -0.3 is 4.74 Å². The summed E-state index contributed by atoms with van der Waals surface area (Å²) in [5.41, 5.74) is 0.789. The van der Waals surface area contributed by atoms with Crippen LogP contribution in [-0.4, -0.2) is 36.4 Å². The predicted octanol–water partition coefficient (Wildman–Crippen LogP) is 2.61. The molecule has 6 nitrogen and oxygen atoms in total. The van der Waals surface area contributed by atoms with Crippen molar-refractivity contribution in [3.8, 4) is 5.88 Å². The van der Waals surface area contributed by atoms with Crippen molar-refractivity contribution >= 4 is 10.2 Å². The summed E-state index contributed by atoms with van der Waals surface area (Å²) in [7, 11) is -3.47. The highest BCUT2D eigenvalue weighted by atomic mass is 32.2. The number of pyridine rings is 1. The molecule has 0 bridgehead atoms. The fourth-order valence-electron chi connectivity index (χ4n) is 3.51. The van der Waals surface area contributed by atoms with E-state index >= 15 is 0 Å². The van der Waals surface area contributed by atoms with Crippen molar-refractivity contribution in [1.29, 1.82) is 0 Å². The number of hydrogen-bond acceptors (Lipinski definition) is 4. The van der Waals surface area contributed by atoms with Gasteiger partial charge >= 0.3 is 0 Å². The first-order chi connectivity index (χ1) is 11.6. The fourth-order valence-corrected chi connectivity index (χ4v) is 4.96. The molecule has 24 heavy (non-hydrogen) atoms. The van der Waals surface area contributed by atoms with Crippen LogP contribution in [0.5, 0.6) is 5.88 Å². The van der Waals surface area contributed by atoms with Gasteiger partial charge in [0.25, 0.3) is 10.2 Å². The number of hydrogen-bond donors (Lipinski definition) is 1. The maximum atomic E-state index is 12.6. The van der Waals surface area contributed by atoms with E-state index in [-0.39, 0.29) is 18.7 Å². The summed E-state index contributed by atoms with van der Waals surface area (Å²) < 4.78 is 35.4. The molecular weight excluding hydrogens is 326 g/mol. The van der Waals surface area contributed by atoms with Crippen molar-refractivity contribution in [3.63, 3.8) is 0 Å². The van der Waals surface area contributed by atoms with Crippen molar-refractivity contribution in [1.82, 2.24) is 14.0 Å². The number of nitrogens with zero attached hydrogens (tertiary/aromatic N) is 2. The van der Waals surface area contributed by atoms with E-state index in [0.717, 1.165) is 37.7 Å². The highest BCUT2D eigenvalue weighted by Gasteiger charge is 2.29. The zero-order valence-electron chi connectivity index (χ0n) is 14.3. The highest BCUT2D eigenvalue weighted by molar-refractivity contribution is 7.87. The third-order valence-electron chi connectivity index (χ3n) is 4.93. The Hall–Kier alpha value is -1.18. The van der Waals surface area contributed by atoms with E-state index in [2.05, 4.69) is 9.71 Å². The molecule has 0 amide bonds. The van der Waals surface area contributed by atoms with Crippen LogP contribution in [0.3, 0.4) is 0 Å². The zero-order chi connectivity index (χ0) is 17.0. The number of nitrogens with one attached hydrogen (secondary N) is 1. The minimum atomic E-state index is -3.47. The Morgan fingerprint density at radius 2 is 2.00 bits per heavy atom. The summed E-state index contributed by atoms with van der Waals surface area (Å²) in [6, 6.07) is 3.74. The van der Waals surface area contributed by atoms with Gasteiger partial charge in [-0.2, -0.15) is 17.4 Å². The number of ether oxygens (including phenoxy) is 1. The minimum Gasteiger partial charge on any atom is -0.474 e. The van der Waals surface area contributed by atoms with Gasteiger partial charge in [0.2, 0.25) is 5.88 Å². The topological polar surface area (TPSA) is 71.5 Å². The van der Waals surface area contributed by atoms with Gasteiger partial charge in [-0.3, -0.25) is 0 Å². The summed E-state index contributed by atoms with van der Waals surface area (Å²) >= 11 is 0. The van der Waals surface area contributed by atoms with Gasteiger partial charge in [0.1, 0.15) is 6.10 Å². The highest BCUT2D eigenvalue weighted by Crippen LogP contribution is 2.25. The Kier molecular flexibility index (Phi) is 5.73. The van der Waals surface area contributed by atoms with Gasteiger partial charge in [0.05, 0.1) is 0 Å². The van der Waals surface area contributed by atoms with E-state index in [1.54, 1.807) is 10.5 Å². The Bertz CT molecular complexity index is 644. The summed E-state index contributed by atoms with van der Waals surface area (Å²) in [5.74, 6) is 0.554. The van der Waals surface area contributed by atoms with Crippen molar-refractivity contribution in [2.24, 2.45) is 0 Å². The van der Waals surface area contributed by atoms with Gasteiger partial charge in [-0.25, -0.2) is 4.98 Å². The van der Waals surface area contributed by atoms with Gasteiger partial charge in [-0.1, -0.05) is 12.5 Å². The van der Waals surface area contributed by atoms with E-state index in [9.17, 15) is 8.42 Å². The van der Waals surface area contributed by atoms with Gasteiger partial charge in [-0.05, 0) is 51.5 Å². The van der Waals surface area contributed by atoms with Crippen LogP contribution >= 0.6 is 0 Å². The molecule has 1 aromatic heterocycles. The SMILES string of the molecule is C[C@H]1CCCCN1S(=O)(=O)NCc1cccnc1OC1CCCC1. The lowest BCUT2D eigenvalue weighted by molar-refractivity contribution is 0.199. The zero-order valence-corrected chi connectivity index (χ0v) is 15.1. The van der Waals surface area contributed by atoms with Crippen LogP contribution in [0.15, 0.2) is 18.3 Å². The number of rotatable bonds is 6. The maximum Gasteiger partial charge on any atom is 0.279 e. The van der Waals surface area contributed by atoms with E-state index in [0.29, 0.717) is 12.4 Å². The van der Waals surface area contributed by atoms with Crippen LogP contribution in [0.2, 0.25) is 0 Å². The van der Waals surface area contributed by atoms with Crippen LogP contribution in [0.1, 0.15) is 57.4 Å². The molecule has 2 fully saturated rings. The van der Waals surface area contributed by atoms with Crippen LogP contribution < -0.4 is 9.46 Å². The normalized spacial score (nSPS) is 23.5. The first-order valence-electron chi connectivity index (χ1n) is 8.93. The molecule has 1 aliphatic heterocycles. The monoisotopic (exact) mass is 353 g/mol. The molecule has 1 aromatic rings. The average Bonchev–Trinajstić information content (AvgIpc) is 3.07. The van der Waals surface area contributed by atoms with Crippen LogP contribution in [0.4, 0.5) is 0 Å². The summed E-state index contributed by atoms with van der Waals surface area (Å²) in [4.78, 5) is 4.30. The van der Waals surface area contributed by atoms with E-state index in [1.165, 1.54) is 12.8 Å². The smallest absolute Gasteiger partial charge is 0.279 e. The lowest BCUT2D eigenvalue weighted by atomic mass is 10.1. The molecule has 1 saturated heterocycles. The largest absolute Gasteiger partial charge is 0.474 e. The summed E-state index contributed by atoms with van der Waals surface area (Å²) in [5, 5.41) is 0. The van der Waals surface area contributed by atoms with E-state index in [1.807, 2.05) is 19.1 Å². The Morgan fingerprint density at radius 1 is 1.25 bits per heavy atom. The maximum absolute atomic E-state index is 12.6. The molecule has 2 heterocycles.